The lowest BCUT2D eigenvalue weighted by Gasteiger charge is -2.01. The average molecular weight is 244 g/mol. The highest BCUT2D eigenvalue weighted by Crippen LogP contribution is 2.20. The second-order valence-electron chi connectivity index (χ2n) is 3.97. The molecule has 3 rings (SSSR count). The molecule has 0 amide bonds. The Hall–Kier alpha value is -2.41. The van der Waals surface area contributed by atoms with Crippen LogP contribution in [0.5, 0.6) is 0 Å². The van der Waals surface area contributed by atoms with E-state index in [9.17, 15) is 0 Å². The molecule has 3 aromatic heterocycles. The van der Waals surface area contributed by atoms with Gasteiger partial charge in [0.15, 0.2) is 0 Å². The van der Waals surface area contributed by atoms with Gasteiger partial charge in [0.05, 0.1) is 11.9 Å². The summed E-state index contributed by atoms with van der Waals surface area (Å²) in [5, 5.41) is 7.95. The van der Waals surface area contributed by atoms with E-state index in [-0.39, 0.29) is 0 Å². The second-order valence-corrected chi connectivity index (χ2v) is 3.97. The lowest BCUT2D eigenvalue weighted by Crippen LogP contribution is -2.11. The summed E-state index contributed by atoms with van der Waals surface area (Å²) in [7, 11) is 1.83. The molecule has 0 aromatic carbocycles. The fraction of sp³-hybridized carbons (Fsp3) is 0.182. The summed E-state index contributed by atoms with van der Waals surface area (Å²) in [6.45, 7) is 0. The average Bonchev–Trinajstić information content (AvgIpc) is 3.09. The van der Waals surface area contributed by atoms with Crippen LogP contribution in [0.25, 0.3) is 11.5 Å². The van der Waals surface area contributed by atoms with Gasteiger partial charge in [0.25, 0.3) is 0 Å². The molecule has 3 heterocycles. The molecule has 0 bridgehead atoms. The van der Waals surface area contributed by atoms with E-state index in [1.165, 1.54) is 0 Å². The first-order chi connectivity index (χ1) is 8.74. The van der Waals surface area contributed by atoms with Crippen molar-refractivity contribution in [3.05, 3.63) is 42.2 Å². The summed E-state index contributed by atoms with van der Waals surface area (Å²) >= 11 is 0. The van der Waals surface area contributed by atoms with Gasteiger partial charge in [0.1, 0.15) is 6.04 Å². The molecule has 0 aliphatic rings. The van der Waals surface area contributed by atoms with Gasteiger partial charge < -0.3 is 15.2 Å². The number of hydrogen-bond acceptors (Lipinski definition) is 5. The number of nitrogens with one attached hydrogen (secondary N) is 1. The fourth-order valence-corrected chi connectivity index (χ4v) is 1.68. The maximum absolute atomic E-state index is 6.04. The first-order valence-electron chi connectivity index (χ1n) is 5.45. The topological polar surface area (TPSA) is 98.6 Å². The Balaban J connectivity index is 1.89. The van der Waals surface area contributed by atoms with Gasteiger partial charge in [-0.25, -0.2) is 0 Å². The molecule has 0 saturated carbocycles. The van der Waals surface area contributed by atoms with Gasteiger partial charge in [-0.15, -0.1) is 0 Å². The van der Waals surface area contributed by atoms with Crippen molar-refractivity contribution in [1.29, 1.82) is 0 Å². The van der Waals surface area contributed by atoms with Crippen LogP contribution in [0.4, 0.5) is 0 Å². The number of rotatable bonds is 3. The Kier molecular flexibility index (Phi) is 2.45. The van der Waals surface area contributed by atoms with Crippen LogP contribution in [-0.4, -0.2) is 24.9 Å². The van der Waals surface area contributed by atoms with E-state index in [4.69, 9.17) is 10.3 Å². The van der Waals surface area contributed by atoms with E-state index >= 15 is 0 Å². The van der Waals surface area contributed by atoms with Crippen molar-refractivity contribution < 1.29 is 4.52 Å². The van der Waals surface area contributed by atoms with Crippen LogP contribution >= 0.6 is 0 Å². The quantitative estimate of drug-likeness (QED) is 0.711. The number of nitrogens with zero attached hydrogens (tertiary/aromatic N) is 4. The molecular formula is C11H12N6O. The number of aromatic nitrogens is 5. The van der Waals surface area contributed by atoms with Crippen LogP contribution in [-0.2, 0) is 7.05 Å². The van der Waals surface area contributed by atoms with Crippen LogP contribution in [0.1, 0.15) is 17.5 Å². The van der Waals surface area contributed by atoms with E-state index in [2.05, 4.69) is 20.2 Å². The van der Waals surface area contributed by atoms with Crippen LogP contribution in [0.15, 0.2) is 35.2 Å². The molecule has 1 unspecified atom stereocenters. The number of nitrogens with two attached hydrogens (primary N) is 1. The Morgan fingerprint density at radius 3 is 3.06 bits per heavy atom. The minimum atomic E-state index is -0.463. The van der Waals surface area contributed by atoms with Gasteiger partial charge in [0.2, 0.25) is 11.7 Å². The van der Waals surface area contributed by atoms with Crippen molar-refractivity contribution in [3.8, 4) is 11.5 Å². The number of aromatic amines is 1. The van der Waals surface area contributed by atoms with Crippen molar-refractivity contribution in [2.75, 3.05) is 0 Å². The Morgan fingerprint density at radius 2 is 2.39 bits per heavy atom. The van der Waals surface area contributed by atoms with Gasteiger partial charge >= 0.3 is 0 Å². The van der Waals surface area contributed by atoms with Crippen LogP contribution in [0.3, 0.4) is 0 Å². The van der Waals surface area contributed by atoms with Gasteiger partial charge in [-0.2, -0.15) is 10.1 Å². The summed E-state index contributed by atoms with van der Waals surface area (Å²) in [5.74, 6) is 0.863. The first kappa shape index (κ1) is 10.7. The normalized spacial score (nSPS) is 12.8. The fourth-order valence-electron chi connectivity index (χ4n) is 1.68. The maximum atomic E-state index is 6.04. The predicted molar refractivity (Wildman–Crippen MR) is 63.3 cm³/mol. The summed E-state index contributed by atoms with van der Waals surface area (Å²) in [4.78, 5) is 7.27. The molecule has 3 aromatic rings. The van der Waals surface area contributed by atoms with Gasteiger partial charge in [0, 0.05) is 25.0 Å². The minimum absolute atomic E-state index is 0.368. The molecule has 0 radical (unpaired) electrons. The Bertz CT molecular complexity index is 638. The maximum Gasteiger partial charge on any atom is 0.248 e. The van der Waals surface area contributed by atoms with E-state index in [0.29, 0.717) is 11.7 Å². The summed E-state index contributed by atoms with van der Waals surface area (Å²) in [6, 6.07) is 3.27. The molecule has 0 spiro atoms. The minimum Gasteiger partial charge on any atom is -0.359 e. The third kappa shape index (κ3) is 1.80. The molecular weight excluding hydrogens is 232 g/mol. The summed E-state index contributed by atoms with van der Waals surface area (Å²) < 4.78 is 6.85. The van der Waals surface area contributed by atoms with E-state index in [1.54, 1.807) is 17.1 Å². The Morgan fingerprint density at radius 1 is 1.50 bits per heavy atom. The Labute approximate surface area is 103 Å². The summed E-state index contributed by atoms with van der Waals surface area (Å²) in [6.07, 6.45) is 5.30. The smallest absolute Gasteiger partial charge is 0.248 e. The van der Waals surface area contributed by atoms with Crippen molar-refractivity contribution in [2.45, 2.75) is 6.04 Å². The molecule has 7 heteroatoms. The number of aryl methyl sites for hydroxylation is 1. The van der Waals surface area contributed by atoms with Crippen LogP contribution in [0.2, 0.25) is 0 Å². The molecule has 92 valence electrons. The largest absolute Gasteiger partial charge is 0.359 e. The highest BCUT2D eigenvalue weighted by atomic mass is 16.5. The van der Waals surface area contributed by atoms with Crippen LogP contribution in [0, 0.1) is 0 Å². The van der Waals surface area contributed by atoms with Crippen molar-refractivity contribution in [3.63, 3.8) is 0 Å². The zero-order valence-electron chi connectivity index (χ0n) is 9.74. The molecule has 0 aliphatic carbocycles. The highest BCUT2D eigenvalue weighted by Gasteiger charge is 2.18. The lowest BCUT2D eigenvalue weighted by molar-refractivity contribution is 0.367. The van der Waals surface area contributed by atoms with Crippen molar-refractivity contribution in [2.24, 2.45) is 12.8 Å². The first-order valence-corrected chi connectivity index (χ1v) is 5.45. The molecule has 0 saturated heterocycles. The van der Waals surface area contributed by atoms with Crippen molar-refractivity contribution >= 4 is 0 Å². The van der Waals surface area contributed by atoms with Gasteiger partial charge in [-0.3, -0.25) is 4.68 Å². The van der Waals surface area contributed by atoms with Gasteiger partial charge in [-0.1, -0.05) is 5.16 Å². The summed E-state index contributed by atoms with van der Waals surface area (Å²) in [5.41, 5.74) is 7.66. The number of H-pyrrole nitrogens is 1. The zero-order chi connectivity index (χ0) is 12.5. The third-order valence-electron chi connectivity index (χ3n) is 2.63. The second kappa shape index (κ2) is 4.11. The monoisotopic (exact) mass is 244 g/mol. The molecule has 1 atom stereocenters. The predicted octanol–water partition coefficient (Wildman–Crippen LogP) is 0.846. The van der Waals surface area contributed by atoms with E-state index in [0.717, 1.165) is 11.3 Å². The zero-order valence-corrected chi connectivity index (χ0v) is 9.74. The van der Waals surface area contributed by atoms with E-state index < -0.39 is 6.04 Å². The lowest BCUT2D eigenvalue weighted by atomic mass is 10.2. The number of hydrogen-bond donors (Lipinski definition) is 2. The molecule has 3 N–H and O–H groups in total. The third-order valence-corrected chi connectivity index (χ3v) is 2.63. The molecule has 0 fully saturated rings. The SMILES string of the molecule is Cn1cc(C(N)c2nc(-c3ccc[nH]3)no2)cn1. The van der Waals surface area contributed by atoms with Gasteiger partial charge in [-0.05, 0) is 12.1 Å². The van der Waals surface area contributed by atoms with Crippen LogP contribution < -0.4 is 5.73 Å². The highest BCUT2D eigenvalue weighted by molar-refractivity contribution is 5.48. The molecule has 7 nitrogen and oxygen atoms in total. The molecule has 0 aliphatic heterocycles. The van der Waals surface area contributed by atoms with E-state index in [1.807, 2.05) is 25.4 Å². The standard InChI is InChI=1S/C11H12N6O/c1-17-6-7(5-14-17)9(12)11-15-10(16-18-11)8-3-2-4-13-8/h2-6,9,13H,12H2,1H3. The van der Waals surface area contributed by atoms with Crippen molar-refractivity contribution in [1.82, 2.24) is 24.9 Å². The molecule has 18 heavy (non-hydrogen) atoms.